The van der Waals surface area contributed by atoms with Crippen molar-refractivity contribution in [3.63, 3.8) is 0 Å². The molecular weight excluding hydrogens is 362 g/mol. The molecule has 0 saturated carbocycles. The van der Waals surface area contributed by atoms with Gasteiger partial charge in [-0.1, -0.05) is 30.7 Å². The first-order chi connectivity index (χ1) is 13.0. The molecule has 1 aromatic carbocycles. The van der Waals surface area contributed by atoms with E-state index < -0.39 is 0 Å². The molecule has 2 aliphatic heterocycles. The second-order valence-corrected chi connectivity index (χ2v) is 8.27. The van der Waals surface area contributed by atoms with Crippen molar-refractivity contribution in [2.24, 2.45) is 11.8 Å². The molecule has 2 fully saturated rings. The molecule has 6 heteroatoms. The summed E-state index contributed by atoms with van der Waals surface area (Å²) < 4.78 is 0. The summed E-state index contributed by atoms with van der Waals surface area (Å²) in [5, 5.41) is 4.06. The molecule has 5 nitrogen and oxygen atoms in total. The minimum atomic E-state index is 0.118. The molecule has 3 rings (SSSR count). The van der Waals surface area contributed by atoms with Crippen LogP contribution in [0.15, 0.2) is 24.3 Å². The van der Waals surface area contributed by atoms with Crippen molar-refractivity contribution in [1.82, 2.24) is 15.1 Å². The predicted molar refractivity (Wildman–Crippen MR) is 108 cm³/mol. The molecule has 27 heavy (non-hydrogen) atoms. The van der Waals surface area contributed by atoms with Gasteiger partial charge in [-0.25, -0.2) is 0 Å². The molecular formula is C21H30ClN3O2. The maximum Gasteiger partial charge on any atom is 0.227 e. The SMILES string of the molecule is CC(CC(=O)N1CCN(C(=O)Cc2ccc(Cl)cc2)CC1)C1CCNCC1. The van der Waals surface area contributed by atoms with Crippen LogP contribution >= 0.6 is 11.6 Å². The number of halogens is 1. The zero-order valence-corrected chi connectivity index (χ0v) is 16.9. The fraction of sp³-hybridized carbons (Fsp3) is 0.619. The summed E-state index contributed by atoms with van der Waals surface area (Å²) in [6.07, 6.45) is 3.35. The van der Waals surface area contributed by atoms with Gasteiger partial charge in [0.15, 0.2) is 0 Å². The molecule has 0 spiro atoms. The lowest BCUT2D eigenvalue weighted by Gasteiger charge is -2.36. The van der Waals surface area contributed by atoms with Crippen LogP contribution in [0.25, 0.3) is 0 Å². The summed E-state index contributed by atoms with van der Waals surface area (Å²) in [6.45, 7) is 6.88. The number of hydrogen-bond donors (Lipinski definition) is 1. The molecule has 2 aliphatic rings. The number of nitrogens with zero attached hydrogens (tertiary/aromatic N) is 2. The van der Waals surface area contributed by atoms with E-state index >= 15 is 0 Å². The first kappa shape index (κ1) is 20.2. The van der Waals surface area contributed by atoms with E-state index in [4.69, 9.17) is 11.6 Å². The summed E-state index contributed by atoms with van der Waals surface area (Å²) in [6, 6.07) is 7.40. The Hall–Kier alpha value is -1.59. The van der Waals surface area contributed by atoms with Gasteiger partial charge in [0.05, 0.1) is 6.42 Å². The highest BCUT2D eigenvalue weighted by Crippen LogP contribution is 2.25. The molecule has 0 aliphatic carbocycles. The minimum Gasteiger partial charge on any atom is -0.339 e. The average molecular weight is 392 g/mol. The van der Waals surface area contributed by atoms with Gasteiger partial charge in [0.25, 0.3) is 0 Å². The summed E-state index contributed by atoms with van der Waals surface area (Å²) >= 11 is 5.89. The first-order valence-electron chi connectivity index (χ1n) is 10.0. The molecule has 0 radical (unpaired) electrons. The van der Waals surface area contributed by atoms with Crippen molar-refractivity contribution in [2.75, 3.05) is 39.3 Å². The van der Waals surface area contributed by atoms with E-state index in [0.717, 1.165) is 18.7 Å². The largest absolute Gasteiger partial charge is 0.339 e. The van der Waals surface area contributed by atoms with Crippen molar-refractivity contribution in [3.8, 4) is 0 Å². The van der Waals surface area contributed by atoms with E-state index in [-0.39, 0.29) is 11.8 Å². The van der Waals surface area contributed by atoms with Crippen LogP contribution in [0.3, 0.4) is 0 Å². The maximum atomic E-state index is 12.6. The fourth-order valence-electron chi connectivity index (χ4n) is 4.08. The van der Waals surface area contributed by atoms with Crippen molar-refractivity contribution in [2.45, 2.75) is 32.6 Å². The standard InChI is InChI=1S/C21H30ClN3O2/c1-16(18-6-8-23-9-7-18)14-20(26)24-10-12-25(13-11-24)21(27)15-17-2-4-19(22)5-3-17/h2-5,16,18,23H,6-15H2,1H3. The van der Waals surface area contributed by atoms with Crippen LogP contribution in [0, 0.1) is 11.8 Å². The minimum absolute atomic E-state index is 0.118. The summed E-state index contributed by atoms with van der Waals surface area (Å²) in [4.78, 5) is 28.9. The first-order valence-corrected chi connectivity index (χ1v) is 10.4. The molecule has 0 bridgehead atoms. The molecule has 2 saturated heterocycles. The van der Waals surface area contributed by atoms with Gasteiger partial charge in [-0.15, -0.1) is 0 Å². The van der Waals surface area contributed by atoms with Gasteiger partial charge in [-0.2, -0.15) is 0 Å². The van der Waals surface area contributed by atoms with Crippen LogP contribution in [-0.4, -0.2) is 60.9 Å². The average Bonchev–Trinajstić information content (AvgIpc) is 2.70. The third-order valence-electron chi connectivity index (χ3n) is 5.94. The van der Waals surface area contributed by atoms with Crippen molar-refractivity contribution < 1.29 is 9.59 Å². The van der Waals surface area contributed by atoms with E-state index in [0.29, 0.717) is 55.9 Å². The molecule has 2 amide bonds. The highest BCUT2D eigenvalue weighted by Gasteiger charge is 2.27. The van der Waals surface area contributed by atoms with Crippen LogP contribution in [0.1, 0.15) is 31.7 Å². The molecule has 1 aromatic rings. The molecule has 2 heterocycles. The fourth-order valence-corrected chi connectivity index (χ4v) is 4.20. The zero-order chi connectivity index (χ0) is 19.2. The summed E-state index contributed by atoms with van der Waals surface area (Å²) in [5.74, 6) is 1.44. The summed E-state index contributed by atoms with van der Waals surface area (Å²) in [5.41, 5.74) is 0.971. The van der Waals surface area contributed by atoms with Crippen LogP contribution in [0.5, 0.6) is 0 Å². The Balaban J connectivity index is 1.42. The number of benzene rings is 1. The lowest BCUT2D eigenvalue weighted by atomic mass is 9.84. The van der Waals surface area contributed by atoms with Gasteiger partial charge in [-0.05, 0) is 55.5 Å². The predicted octanol–water partition coefficient (Wildman–Crippen LogP) is 2.58. The molecule has 1 N–H and O–H groups in total. The number of carbonyl (C=O) groups excluding carboxylic acids is 2. The third kappa shape index (κ3) is 5.69. The lowest BCUT2D eigenvalue weighted by molar-refractivity contribution is -0.140. The van der Waals surface area contributed by atoms with Gasteiger partial charge in [0.2, 0.25) is 11.8 Å². The number of carbonyl (C=O) groups is 2. The number of piperidine rings is 1. The van der Waals surface area contributed by atoms with Gasteiger partial charge < -0.3 is 15.1 Å². The molecule has 1 atom stereocenters. The Morgan fingerprint density at radius 1 is 1.04 bits per heavy atom. The zero-order valence-electron chi connectivity index (χ0n) is 16.1. The monoisotopic (exact) mass is 391 g/mol. The Bertz CT molecular complexity index is 635. The van der Waals surface area contributed by atoms with Crippen LogP contribution in [-0.2, 0) is 16.0 Å². The molecule has 148 valence electrons. The van der Waals surface area contributed by atoms with E-state index in [2.05, 4.69) is 12.2 Å². The van der Waals surface area contributed by atoms with Crippen molar-refractivity contribution in [3.05, 3.63) is 34.9 Å². The molecule has 1 unspecified atom stereocenters. The normalized spacial score (nSPS) is 19.8. The Morgan fingerprint density at radius 2 is 1.59 bits per heavy atom. The smallest absolute Gasteiger partial charge is 0.227 e. The number of rotatable bonds is 5. The van der Waals surface area contributed by atoms with Gasteiger partial charge >= 0.3 is 0 Å². The van der Waals surface area contributed by atoms with E-state index in [1.807, 2.05) is 34.1 Å². The topological polar surface area (TPSA) is 52.7 Å². The number of amides is 2. The Labute approximate surface area is 167 Å². The Kier molecular flexibility index (Phi) is 7.13. The quantitative estimate of drug-likeness (QED) is 0.839. The highest BCUT2D eigenvalue weighted by molar-refractivity contribution is 6.30. The van der Waals surface area contributed by atoms with Gasteiger partial charge in [0, 0.05) is 37.6 Å². The van der Waals surface area contributed by atoms with Crippen molar-refractivity contribution >= 4 is 23.4 Å². The second kappa shape index (κ2) is 9.56. The maximum absolute atomic E-state index is 12.6. The lowest BCUT2D eigenvalue weighted by Crippen LogP contribution is -2.51. The van der Waals surface area contributed by atoms with Crippen molar-refractivity contribution in [1.29, 1.82) is 0 Å². The second-order valence-electron chi connectivity index (χ2n) is 7.83. The highest BCUT2D eigenvalue weighted by atomic mass is 35.5. The summed E-state index contributed by atoms with van der Waals surface area (Å²) in [7, 11) is 0. The number of piperazine rings is 1. The van der Waals surface area contributed by atoms with Gasteiger partial charge in [0.1, 0.15) is 0 Å². The van der Waals surface area contributed by atoms with E-state index in [1.165, 1.54) is 12.8 Å². The van der Waals surface area contributed by atoms with Crippen LogP contribution in [0.2, 0.25) is 5.02 Å². The number of nitrogens with one attached hydrogen (secondary N) is 1. The van der Waals surface area contributed by atoms with Crippen LogP contribution in [0.4, 0.5) is 0 Å². The van der Waals surface area contributed by atoms with E-state index in [1.54, 1.807) is 0 Å². The molecule has 0 aromatic heterocycles. The Morgan fingerprint density at radius 3 is 2.19 bits per heavy atom. The van der Waals surface area contributed by atoms with Crippen LogP contribution < -0.4 is 5.32 Å². The van der Waals surface area contributed by atoms with E-state index in [9.17, 15) is 9.59 Å². The number of hydrogen-bond acceptors (Lipinski definition) is 3. The third-order valence-corrected chi connectivity index (χ3v) is 6.19. The van der Waals surface area contributed by atoms with Gasteiger partial charge in [-0.3, -0.25) is 9.59 Å².